The van der Waals surface area contributed by atoms with Crippen LogP contribution in [0.15, 0.2) is 66.7 Å². The molecule has 0 aliphatic heterocycles. The van der Waals surface area contributed by atoms with Crippen LogP contribution in [0.1, 0.15) is 11.1 Å². The fraction of sp³-hybridized carbons (Fsp3) is 0.167. The van der Waals surface area contributed by atoms with Crippen LogP contribution in [-0.2, 0) is 12.7 Å². The molecule has 4 rings (SSSR count). The van der Waals surface area contributed by atoms with Crippen molar-refractivity contribution in [2.75, 3.05) is 24.9 Å². The normalized spacial score (nSPS) is 11.3. The van der Waals surface area contributed by atoms with Crippen molar-refractivity contribution in [2.45, 2.75) is 12.7 Å². The van der Waals surface area contributed by atoms with Crippen LogP contribution >= 0.6 is 0 Å². The Labute approximate surface area is 188 Å². The van der Waals surface area contributed by atoms with Gasteiger partial charge in [0.2, 0.25) is 5.95 Å². The number of ether oxygens (including phenoxy) is 2. The fourth-order valence-corrected chi connectivity index (χ4v) is 3.30. The minimum Gasteiger partial charge on any atom is -0.493 e. The van der Waals surface area contributed by atoms with E-state index in [4.69, 9.17) is 9.47 Å². The molecule has 3 aromatic carbocycles. The minimum absolute atomic E-state index is 0.227. The Morgan fingerprint density at radius 2 is 1.52 bits per heavy atom. The van der Waals surface area contributed by atoms with Crippen LogP contribution in [-0.4, -0.2) is 24.2 Å². The molecule has 0 saturated heterocycles. The molecular weight excluding hydrogens is 433 g/mol. The Morgan fingerprint density at radius 1 is 0.848 bits per heavy atom. The van der Waals surface area contributed by atoms with E-state index in [9.17, 15) is 13.2 Å². The predicted molar refractivity (Wildman–Crippen MR) is 121 cm³/mol. The second kappa shape index (κ2) is 9.23. The third kappa shape index (κ3) is 5.08. The molecule has 170 valence electrons. The molecule has 1 aromatic heterocycles. The summed E-state index contributed by atoms with van der Waals surface area (Å²) < 4.78 is 49.4. The lowest BCUT2D eigenvalue weighted by Crippen LogP contribution is -2.07. The van der Waals surface area contributed by atoms with Crippen molar-refractivity contribution in [3.05, 3.63) is 77.9 Å². The van der Waals surface area contributed by atoms with E-state index in [0.717, 1.165) is 17.7 Å². The lowest BCUT2D eigenvalue weighted by Gasteiger charge is -2.15. The lowest BCUT2D eigenvalue weighted by molar-refractivity contribution is -0.137. The first-order chi connectivity index (χ1) is 15.9. The maximum atomic E-state index is 12.9. The van der Waals surface area contributed by atoms with Gasteiger partial charge in [-0.25, -0.2) is 4.98 Å². The fourth-order valence-electron chi connectivity index (χ4n) is 3.30. The summed E-state index contributed by atoms with van der Waals surface area (Å²) in [5.41, 5.74) is 1.33. The Kier molecular flexibility index (Phi) is 6.21. The Bertz CT molecular complexity index is 1250. The van der Waals surface area contributed by atoms with Crippen LogP contribution in [0.4, 0.5) is 30.6 Å². The molecule has 1 heterocycles. The number of anilines is 3. The van der Waals surface area contributed by atoms with E-state index in [1.54, 1.807) is 19.2 Å². The van der Waals surface area contributed by atoms with E-state index in [2.05, 4.69) is 20.6 Å². The molecule has 33 heavy (non-hydrogen) atoms. The largest absolute Gasteiger partial charge is 0.493 e. The summed E-state index contributed by atoms with van der Waals surface area (Å²) in [7, 11) is 3.07. The monoisotopic (exact) mass is 454 g/mol. The van der Waals surface area contributed by atoms with Gasteiger partial charge < -0.3 is 20.1 Å². The number of alkyl halides is 3. The SMILES string of the molecule is COc1cc2nc(Nc3ccc(C(F)(F)F)cc3)nc(NCc3ccccc3)c2cc1OC. The number of fused-ring (bicyclic) bond motifs is 1. The first-order valence-electron chi connectivity index (χ1n) is 10.0. The Morgan fingerprint density at radius 3 is 2.15 bits per heavy atom. The summed E-state index contributed by atoms with van der Waals surface area (Å²) in [5, 5.41) is 7.00. The quantitative estimate of drug-likeness (QED) is 0.356. The van der Waals surface area contributed by atoms with Crippen molar-refractivity contribution in [3.63, 3.8) is 0 Å². The van der Waals surface area contributed by atoms with E-state index in [0.29, 0.717) is 40.5 Å². The van der Waals surface area contributed by atoms with Crippen LogP contribution in [0, 0.1) is 0 Å². The predicted octanol–water partition coefficient (Wildman–Crippen LogP) is 6.02. The highest BCUT2D eigenvalue weighted by Gasteiger charge is 2.30. The van der Waals surface area contributed by atoms with Crippen molar-refractivity contribution in [1.82, 2.24) is 9.97 Å². The third-order valence-electron chi connectivity index (χ3n) is 4.97. The van der Waals surface area contributed by atoms with Gasteiger partial charge in [0.1, 0.15) is 5.82 Å². The van der Waals surface area contributed by atoms with Gasteiger partial charge in [-0.05, 0) is 35.9 Å². The van der Waals surface area contributed by atoms with E-state index < -0.39 is 11.7 Å². The summed E-state index contributed by atoms with van der Waals surface area (Å²) in [6.07, 6.45) is -4.40. The Hall–Kier alpha value is -4.01. The molecule has 9 heteroatoms. The van der Waals surface area contributed by atoms with Crippen molar-refractivity contribution >= 4 is 28.4 Å². The number of rotatable bonds is 7. The van der Waals surface area contributed by atoms with Crippen molar-refractivity contribution < 1.29 is 22.6 Å². The molecule has 0 radical (unpaired) electrons. The molecule has 2 N–H and O–H groups in total. The van der Waals surface area contributed by atoms with Gasteiger partial charge in [-0.2, -0.15) is 18.2 Å². The van der Waals surface area contributed by atoms with Gasteiger partial charge in [-0.3, -0.25) is 0 Å². The smallest absolute Gasteiger partial charge is 0.416 e. The summed E-state index contributed by atoms with van der Waals surface area (Å²) in [6, 6.07) is 18.0. The molecule has 0 saturated carbocycles. The average Bonchev–Trinajstić information content (AvgIpc) is 2.82. The van der Waals surface area contributed by atoms with Crippen molar-refractivity contribution in [1.29, 1.82) is 0 Å². The molecule has 4 aromatic rings. The molecule has 0 bridgehead atoms. The highest BCUT2D eigenvalue weighted by molar-refractivity contribution is 5.93. The van der Waals surface area contributed by atoms with Gasteiger partial charge >= 0.3 is 6.18 Å². The number of hydrogen-bond donors (Lipinski definition) is 2. The van der Waals surface area contributed by atoms with Gasteiger partial charge in [0, 0.05) is 23.7 Å². The summed E-state index contributed by atoms with van der Waals surface area (Å²) in [4.78, 5) is 9.08. The molecule has 0 aliphatic carbocycles. The summed E-state index contributed by atoms with van der Waals surface area (Å²) in [5.74, 6) is 1.79. The van der Waals surface area contributed by atoms with E-state index in [1.807, 2.05) is 30.3 Å². The molecule has 0 fully saturated rings. The lowest BCUT2D eigenvalue weighted by atomic mass is 10.2. The summed E-state index contributed by atoms with van der Waals surface area (Å²) >= 11 is 0. The van der Waals surface area contributed by atoms with Crippen LogP contribution in [0.5, 0.6) is 11.5 Å². The first-order valence-corrected chi connectivity index (χ1v) is 10.0. The zero-order chi connectivity index (χ0) is 23.4. The van der Waals surface area contributed by atoms with Crippen LogP contribution in [0.3, 0.4) is 0 Å². The van der Waals surface area contributed by atoms with E-state index >= 15 is 0 Å². The van der Waals surface area contributed by atoms with Gasteiger partial charge in [-0.1, -0.05) is 30.3 Å². The number of methoxy groups -OCH3 is 2. The number of halogens is 3. The first kappa shape index (κ1) is 22.2. The zero-order valence-electron chi connectivity index (χ0n) is 17.9. The van der Waals surface area contributed by atoms with E-state index in [1.165, 1.54) is 19.2 Å². The standard InChI is InChI=1S/C24H21F3N4O2/c1-32-20-12-18-19(13-21(20)33-2)30-23(29-17-10-8-16(9-11-17)24(25,26)27)31-22(18)28-14-15-6-4-3-5-7-15/h3-13H,14H2,1-2H3,(H2,28,29,30,31). The number of hydrogen-bond acceptors (Lipinski definition) is 6. The number of nitrogens with zero attached hydrogens (tertiary/aromatic N) is 2. The highest BCUT2D eigenvalue weighted by atomic mass is 19.4. The second-order valence-corrected chi connectivity index (χ2v) is 7.16. The van der Waals surface area contributed by atoms with Crippen LogP contribution in [0.25, 0.3) is 10.9 Å². The van der Waals surface area contributed by atoms with Crippen molar-refractivity contribution in [2.24, 2.45) is 0 Å². The topological polar surface area (TPSA) is 68.3 Å². The van der Waals surface area contributed by atoms with Crippen LogP contribution < -0.4 is 20.1 Å². The van der Waals surface area contributed by atoms with Gasteiger partial charge in [0.15, 0.2) is 11.5 Å². The van der Waals surface area contributed by atoms with Crippen molar-refractivity contribution in [3.8, 4) is 11.5 Å². The average molecular weight is 454 g/mol. The molecule has 0 unspecified atom stereocenters. The number of nitrogens with one attached hydrogen (secondary N) is 2. The highest BCUT2D eigenvalue weighted by Crippen LogP contribution is 2.35. The zero-order valence-corrected chi connectivity index (χ0v) is 17.9. The molecule has 0 aliphatic rings. The van der Waals surface area contributed by atoms with Gasteiger partial charge in [0.25, 0.3) is 0 Å². The number of benzene rings is 3. The molecule has 0 spiro atoms. The van der Waals surface area contributed by atoms with E-state index in [-0.39, 0.29) is 5.95 Å². The minimum atomic E-state index is -4.40. The molecule has 0 amide bonds. The summed E-state index contributed by atoms with van der Waals surface area (Å²) in [6.45, 7) is 0.515. The van der Waals surface area contributed by atoms with Gasteiger partial charge in [0.05, 0.1) is 25.3 Å². The Balaban J connectivity index is 1.71. The molecule has 6 nitrogen and oxygen atoms in total. The number of aromatic nitrogens is 2. The second-order valence-electron chi connectivity index (χ2n) is 7.16. The van der Waals surface area contributed by atoms with Gasteiger partial charge in [-0.15, -0.1) is 0 Å². The molecule has 0 atom stereocenters. The van der Waals surface area contributed by atoms with Crippen LogP contribution in [0.2, 0.25) is 0 Å². The molecular formula is C24H21F3N4O2. The maximum absolute atomic E-state index is 12.9. The maximum Gasteiger partial charge on any atom is 0.416 e. The third-order valence-corrected chi connectivity index (χ3v) is 4.97.